The third-order valence-corrected chi connectivity index (χ3v) is 5.85. The van der Waals surface area contributed by atoms with Gasteiger partial charge in [0.2, 0.25) is 0 Å². The first kappa shape index (κ1) is 12.1. The highest BCUT2D eigenvalue weighted by Gasteiger charge is 2.40. The molecule has 2 fully saturated rings. The van der Waals surface area contributed by atoms with Crippen molar-refractivity contribution in [3.63, 3.8) is 0 Å². The highest BCUT2D eigenvalue weighted by molar-refractivity contribution is 7.89. The van der Waals surface area contributed by atoms with Gasteiger partial charge in [-0.2, -0.15) is 9.40 Å². The van der Waals surface area contributed by atoms with Gasteiger partial charge in [-0.25, -0.2) is 8.42 Å². The molecule has 0 radical (unpaired) electrons. The molecular formula is C11H18N4O2S. The molecule has 6 nitrogen and oxygen atoms in total. The highest BCUT2D eigenvalue weighted by atomic mass is 32.2. The smallest absolute Gasteiger partial charge is 0.260 e. The fourth-order valence-corrected chi connectivity index (χ4v) is 4.57. The molecule has 2 aliphatic heterocycles. The zero-order valence-electron chi connectivity index (χ0n) is 10.4. The lowest BCUT2D eigenvalue weighted by molar-refractivity contribution is 0.339. The highest BCUT2D eigenvalue weighted by Crippen LogP contribution is 2.29. The van der Waals surface area contributed by atoms with Gasteiger partial charge in [-0.05, 0) is 31.4 Å². The molecular weight excluding hydrogens is 252 g/mol. The standard InChI is InChI=1S/C11H18N4O2S/c1-14-11(4-6-13-14)18(16,17)15-7-9-3-2-5-12-10(9)8-15/h4,6,9-10,12H,2-3,5,7-8H2,1H3. The topological polar surface area (TPSA) is 67.2 Å². The van der Waals surface area contributed by atoms with Gasteiger partial charge in [-0.15, -0.1) is 0 Å². The molecule has 2 aliphatic rings. The van der Waals surface area contributed by atoms with Crippen LogP contribution in [0.1, 0.15) is 12.8 Å². The molecule has 2 atom stereocenters. The Kier molecular flexibility index (Phi) is 2.91. The van der Waals surface area contributed by atoms with E-state index in [4.69, 9.17) is 0 Å². The van der Waals surface area contributed by atoms with Crippen LogP contribution < -0.4 is 5.32 Å². The Labute approximate surface area is 107 Å². The fraction of sp³-hybridized carbons (Fsp3) is 0.727. The number of piperidine rings is 1. The third-order valence-electron chi connectivity index (χ3n) is 3.95. The molecule has 1 aromatic rings. The van der Waals surface area contributed by atoms with Gasteiger partial charge in [-0.1, -0.05) is 0 Å². The minimum Gasteiger partial charge on any atom is -0.312 e. The predicted octanol–water partition coefficient (Wildman–Crippen LogP) is -0.207. The fourth-order valence-electron chi connectivity index (χ4n) is 2.95. The normalized spacial score (nSPS) is 29.4. The summed E-state index contributed by atoms with van der Waals surface area (Å²) in [7, 11) is -1.73. The van der Waals surface area contributed by atoms with Crippen molar-refractivity contribution in [2.24, 2.45) is 13.0 Å². The molecule has 3 rings (SSSR count). The second kappa shape index (κ2) is 4.32. The second-order valence-corrected chi connectivity index (χ2v) is 6.96. The van der Waals surface area contributed by atoms with Crippen LogP contribution in [0, 0.1) is 5.92 Å². The Balaban J connectivity index is 1.86. The average molecular weight is 270 g/mol. The molecule has 1 N–H and O–H groups in total. The minimum atomic E-state index is -3.39. The van der Waals surface area contributed by atoms with E-state index in [0.29, 0.717) is 25.0 Å². The maximum atomic E-state index is 12.5. The number of aromatic nitrogens is 2. The summed E-state index contributed by atoms with van der Waals surface area (Å²) in [6.45, 7) is 2.21. The maximum Gasteiger partial charge on any atom is 0.260 e. The van der Waals surface area contributed by atoms with Crippen molar-refractivity contribution in [2.75, 3.05) is 19.6 Å². The van der Waals surface area contributed by atoms with Gasteiger partial charge >= 0.3 is 0 Å². The van der Waals surface area contributed by atoms with E-state index in [-0.39, 0.29) is 5.03 Å². The molecule has 100 valence electrons. The lowest BCUT2D eigenvalue weighted by atomic mass is 9.94. The van der Waals surface area contributed by atoms with Crippen molar-refractivity contribution in [3.05, 3.63) is 12.3 Å². The Bertz CT molecular complexity index is 525. The molecule has 7 heteroatoms. The molecule has 18 heavy (non-hydrogen) atoms. The van der Waals surface area contributed by atoms with Gasteiger partial charge in [0.15, 0.2) is 5.03 Å². The molecule has 0 amide bonds. The monoisotopic (exact) mass is 270 g/mol. The number of rotatable bonds is 2. The summed E-state index contributed by atoms with van der Waals surface area (Å²) in [6.07, 6.45) is 3.78. The zero-order chi connectivity index (χ0) is 12.8. The number of nitrogens with zero attached hydrogens (tertiary/aromatic N) is 3. The Morgan fingerprint density at radius 2 is 2.28 bits per heavy atom. The van der Waals surface area contributed by atoms with E-state index in [1.165, 1.54) is 10.9 Å². The van der Waals surface area contributed by atoms with Gasteiger partial charge < -0.3 is 5.32 Å². The number of hydrogen-bond acceptors (Lipinski definition) is 4. The number of hydrogen-bond donors (Lipinski definition) is 1. The van der Waals surface area contributed by atoms with Crippen LogP contribution in [0.3, 0.4) is 0 Å². The second-order valence-electron chi connectivity index (χ2n) is 5.08. The van der Waals surface area contributed by atoms with Crippen LogP contribution in [-0.4, -0.2) is 48.2 Å². The number of aryl methyl sites for hydroxylation is 1. The largest absolute Gasteiger partial charge is 0.312 e. The molecule has 0 aliphatic carbocycles. The number of sulfonamides is 1. The Morgan fingerprint density at radius 3 is 2.94 bits per heavy atom. The van der Waals surface area contributed by atoms with Crippen molar-refractivity contribution >= 4 is 10.0 Å². The number of nitrogens with one attached hydrogen (secondary N) is 1. The molecule has 0 spiro atoms. The lowest BCUT2D eigenvalue weighted by Crippen LogP contribution is -2.41. The van der Waals surface area contributed by atoms with Gasteiger partial charge in [0.05, 0.1) is 6.20 Å². The van der Waals surface area contributed by atoms with E-state index < -0.39 is 10.0 Å². The summed E-state index contributed by atoms with van der Waals surface area (Å²) >= 11 is 0. The van der Waals surface area contributed by atoms with E-state index in [1.54, 1.807) is 17.4 Å². The molecule has 1 aromatic heterocycles. The van der Waals surface area contributed by atoms with Crippen molar-refractivity contribution in [3.8, 4) is 0 Å². The predicted molar refractivity (Wildman–Crippen MR) is 66.5 cm³/mol. The minimum absolute atomic E-state index is 0.279. The molecule has 0 aromatic carbocycles. The van der Waals surface area contributed by atoms with E-state index in [9.17, 15) is 8.42 Å². The summed E-state index contributed by atoms with van der Waals surface area (Å²) in [5, 5.41) is 7.63. The maximum absolute atomic E-state index is 12.5. The summed E-state index contributed by atoms with van der Waals surface area (Å²) in [6, 6.07) is 1.88. The first-order valence-corrected chi connectivity index (χ1v) is 7.74. The summed E-state index contributed by atoms with van der Waals surface area (Å²) in [4.78, 5) is 0. The van der Waals surface area contributed by atoms with Crippen molar-refractivity contribution < 1.29 is 8.42 Å². The van der Waals surface area contributed by atoms with Crippen molar-refractivity contribution in [1.82, 2.24) is 19.4 Å². The van der Waals surface area contributed by atoms with Gasteiger partial charge in [0.1, 0.15) is 0 Å². The van der Waals surface area contributed by atoms with E-state index in [2.05, 4.69) is 10.4 Å². The zero-order valence-corrected chi connectivity index (χ0v) is 11.2. The van der Waals surface area contributed by atoms with E-state index in [1.807, 2.05) is 0 Å². The van der Waals surface area contributed by atoms with Crippen molar-refractivity contribution in [1.29, 1.82) is 0 Å². The van der Waals surface area contributed by atoms with Gasteiger partial charge in [0.25, 0.3) is 10.0 Å². The van der Waals surface area contributed by atoms with Gasteiger partial charge in [-0.3, -0.25) is 4.68 Å². The summed E-state index contributed by atoms with van der Waals surface area (Å²) in [5.41, 5.74) is 0. The summed E-state index contributed by atoms with van der Waals surface area (Å²) < 4.78 is 28.0. The Morgan fingerprint density at radius 1 is 1.44 bits per heavy atom. The van der Waals surface area contributed by atoms with Crippen LogP contribution in [0.4, 0.5) is 0 Å². The van der Waals surface area contributed by atoms with Crippen molar-refractivity contribution in [2.45, 2.75) is 23.9 Å². The first-order chi connectivity index (χ1) is 8.59. The van der Waals surface area contributed by atoms with Gasteiger partial charge in [0, 0.05) is 26.2 Å². The third kappa shape index (κ3) is 1.86. The molecule has 0 saturated carbocycles. The molecule has 0 bridgehead atoms. The SMILES string of the molecule is Cn1nccc1S(=O)(=O)N1CC2CCCNC2C1. The van der Waals surface area contributed by atoms with Crippen LogP contribution in [-0.2, 0) is 17.1 Å². The molecule has 2 unspecified atom stereocenters. The van der Waals surface area contributed by atoms with Crippen LogP contribution in [0.5, 0.6) is 0 Å². The molecule has 3 heterocycles. The Hall–Kier alpha value is -0.920. The van der Waals surface area contributed by atoms with Crippen LogP contribution in [0.25, 0.3) is 0 Å². The lowest BCUT2D eigenvalue weighted by Gasteiger charge is -2.24. The van der Waals surface area contributed by atoms with E-state index in [0.717, 1.165) is 19.4 Å². The first-order valence-electron chi connectivity index (χ1n) is 6.30. The number of fused-ring (bicyclic) bond motifs is 1. The van der Waals surface area contributed by atoms with Crippen LogP contribution in [0.15, 0.2) is 17.3 Å². The van der Waals surface area contributed by atoms with Crippen LogP contribution in [0.2, 0.25) is 0 Å². The molecule has 2 saturated heterocycles. The van der Waals surface area contributed by atoms with E-state index >= 15 is 0 Å². The average Bonchev–Trinajstić information content (AvgIpc) is 2.94. The summed E-state index contributed by atoms with van der Waals surface area (Å²) in [5.74, 6) is 0.460. The van der Waals surface area contributed by atoms with Crippen LogP contribution >= 0.6 is 0 Å². The quantitative estimate of drug-likeness (QED) is 0.807.